The molecule has 1 N–H and O–H groups in total. The van der Waals surface area contributed by atoms with Crippen molar-refractivity contribution in [2.24, 2.45) is 0 Å². The van der Waals surface area contributed by atoms with E-state index in [-0.39, 0.29) is 0 Å². The van der Waals surface area contributed by atoms with Crippen LogP contribution < -0.4 is 10.2 Å². The summed E-state index contributed by atoms with van der Waals surface area (Å²) in [6.07, 6.45) is 0. The quantitative estimate of drug-likeness (QED) is 0.426. The van der Waals surface area contributed by atoms with Crippen LogP contribution in [0.2, 0.25) is 0 Å². The Hall–Kier alpha value is -3.52. The van der Waals surface area contributed by atoms with E-state index in [1.165, 1.54) is 0 Å². The molecule has 2 heteroatoms. The van der Waals surface area contributed by atoms with Gasteiger partial charge in [-0.2, -0.15) is 0 Å². The standard InChI is InChI=1S/C24H20N2/c1-4-10-20(11-5-1)25-21-16-18-24(19-17-21)26(22-12-6-2-7-13-22)23-14-8-3-9-15-23/h1-19,25H. The Balaban J connectivity index is 1.66. The van der Waals surface area contributed by atoms with Crippen LogP contribution in [0.15, 0.2) is 115 Å². The average Bonchev–Trinajstić information content (AvgIpc) is 2.72. The topological polar surface area (TPSA) is 15.3 Å². The monoisotopic (exact) mass is 336 g/mol. The number of nitrogens with zero attached hydrogens (tertiary/aromatic N) is 1. The maximum Gasteiger partial charge on any atom is 0.0463 e. The largest absolute Gasteiger partial charge is 0.356 e. The predicted molar refractivity (Wildman–Crippen MR) is 111 cm³/mol. The lowest BCUT2D eigenvalue weighted by Crippen LogP contribution is -2.09. The van der Waals surface area contributed by atoms with Crippen LogP contribution in [0.5, 0.6) is 0 Å². The Bertz CT molecular complexity index is 894. The summed E-state index contributed by atoms with van der Waals surface area (Å²) in [6.45, 7) is 0. The summed E-state index contributed by atoms with van der Waals surface area (Å²) in [5.74, 6) is 0. The maximum absolute atomic E-state index is 3.43. The highest BCUT2D eigenvalue weighted by molar-refractivity contribution is 5.77. The lowest BCUT2D eigenvalue weighted by Gasteiger charge is -2.25. The van der Waals surface area contributed by atoms with Gasteiger partial charge in [0, 0.05) is 28.4 Å². The van der Waals surface area contributed by atoms with Crippen LogP contribution in [-0.4, -0.2) is 0 Å². The van der Waals surface area contributed by atoms with Gasteiger partial charge in [0.2, 0.25) is 0 Å². The van der Waals surface area contributed by atoms with Crippen LogP contribution in [0.25, 0.3) is 0 Å². The van der Waals surface area contributed by atoms with Gasteiger partial charge in [-0.15, -0.1) is 0 Å². The maximum atomic E-state index is 3.43. The van der Waals surface area contributed by atoms with Crippen LogP contribution in [0, 0.1) is 0 Å². The van der Waals surface area contributed by atoms with Gasteiger partial charge in [-0.3, -0.25) is 0 Å². The van der Waals surface area contributed by atoms with Crippen molar-refractivity contribution in [2.45, 2.75) is 0 Å². The van der Waals surface area contributed by atoms with Crippen molar-refractivity contribution in [1.29, 1.82) is 0 Å². The van der Waals surface area contributed by atoms with Crippen molar-refractivity contribution < 1.29 is 0 Å². The van der Waals surface area contributed by atoms with Crippen LogP contribution in [0.1, 0.15) is 0 Å². The summed E-state index contributed by atoms with van der Waals surface area (Å²) in [5.41, 5.74) is 5.56. The summed E-state index contributed by atoms with van der Waals surface area (Å²) in [6, 6.07) is 39.6. The molecule has 0 amide bonds. The minimum absolute atomic E-state index is 1.07. The number of rotatable bonds is 5. The molecule has 0 bridgehead atoms. The van der Waals surface area contributed by atoms with E-state index in [1.807, 2.05) is 30.3 Å². The molecule has 0 aliphatic rings. The highest BCUT2D eigenvalue weighted by atomic mass is 15.1. The van der Waals surface area contributed by atoms with Crippen molar-refractivity contribution in [3.05, 3.63) is 115 Å². The number of anilines is 5. The SMILES string of the molecule is c1ccc(Nc2ccc(N(c3ccccc3)c3ccccc3)cc2)cc1. The second-order valence-corrected chi connectivity index (χ2v) is 6.04. The average molecular weight is 336 g/mol. The van der Waals surface area contributed by atoms with Crippen molar-refractivity contribution in [2.75, 3.05) is 10.2 Å². The van der Waals surface area contributed by atoms with E-state index in [9.17, 15) is 0 Å². The minimum atomic E-state index is 1.07. The highest BCUT2D eigenvalue weighted by Gasteiger charge is 2.11. The first-order valence-corrected chi connectivity index (χ1v) is 8.72. The summed E-state index contributed by atoms with van der Waals surface area (Å²) < 4.78 is 0. The molecule has 0 saturated heterocycles. The van der Waals surface area contributed by atoms with Crippen molar-refractivity contribution in [1.82, 2.24) is 0 Å². The summed E-state index contributed by atoms with van der Waals surface area (Å²) in [7, 11) is 0. The molecule has 126 valence electrons. The molecule has 4 aromatic carbocycles. The van der Waals surface area contributed by atoms with E-state index in [0.717, 1.165) is 28.4 Å². The third-order valence-corrected chi connectivity index (χ3v) is 4.22. The van der Waals surface area contributed by atoms with E-state index in [1.54, 1.807) is 0 Å². The van der Waals surface area contributed by atoms with Gasteiger partial charge in [0.25, 0.3) is 0 Å². The molecule has 4 rings (SSSR count). The summed E-state index contributed by atoms with van der Waals surface area (Å²) in [5, 5.41) is 3.43. The van der Waals surface area contributed by atoms with Gasteiger partial charge in [-0.05, 0) is 60.7 Å². The zero-order chi connectivity index (χ0) is 17.6. The fourth-order valence-electron chi connectivity index (χ4n) is 2.98. The van der Waals surface area contributed by atoms with Gasteiger partial charge >= 0.3 is 0 Å². The molecule has 0 atom stereocenters. The lowest BCUT2D eigenvalue weighted by molar-refractivity contribution is 1.28. The Morgan fingerprint density at radius 1 is 0.385 bits per heavy atom. The van der Waals surface area contributed by atoms with Gasteiger partial charge in [0.05, 0.1) is 0 Å². The summed E-state index contributed by atoms with van der Waals surface area (Å²) >= 11 is 0. The first-order chi connectivity index (χ1) is 12.9. The van der Waals surface area contributed by atoms with Gasteiger partial charge < -0.3 is 10.2 Å². The molecule has 26 heavy (non-hydrogen) atoms. The molecule has 0 radical (unpaired) electrons. The van der Waals surface area contributed by atoms with Crippen LogP contribution >= 0.6 is 0 Å². The normalized spacial score (nSPS) is 10.3. The molecule has 0 unspecified atom stereocenters. The summed E-state index contributed by atoms with van der Waals surface area (Å²) in [4.78, 5) is 2.26. The Morgan fingerprint density at radius 2 is 0.769 bits per heavy atom. The Kier molecular flexibility index (Phi) is 4.66. The van der Waals surface area contributed by atoms with Gasteiger partial charge in [-0.1, -0.05) is 54.6 Å². The van der Waals surface area contributed by atoms with Gasteiger partial charge in [-0.25, -0.2) is 0 Å². The number of hydrogen-bond acceptors (Lipinski definition) is 2. The van der Waals surface area contributed by atoms with Crippen LogP contribution in [-0.2, 0) is 0 Å². The number of hydrogen-bond donors (Lipinski definition) is 1. The Morgan fingerprint density at radius 3 is 1.27 bits per heavy atom. The number of nitrogens with one attached hydrogen (secondary N) is 1. The number of para-hydroxylation sites is 3. The second-order valence-electron chi connectivity index (χ2n) is 6.04. The Labute approximate surface area is 154 Å². The predicted octanol–water partition coefficient (Wildman–Crippen LogP) is 6.90. The third-order valence-electron chi connectivity index (χ3n) is 4.22. The van der Waals surface area contributed by atoms with Crippen molar-refractivity contribution in [3.63, 3.8) is 0 Å². The molecule has 0 aliphatic heterocycles. The fourth-order valence-corrected chi connectivity index (χ4v) is 2.98. The smallest absolute Gasteiger partial charge is 0.0463 e. The van der Waals surface area contributed by atoms with Gasteiger partial charge in [0.1, 0.15) is 0 Å². The molecule has 0 spiro atoms. The fraction of sp³-hybridized carbons (Fsp3) is 0. The molecular formula is C24H20N2. The minimum Gasteiger partial charge on any atom is -0.356 e. The van der Waals surface area contributed by atoms with E-state index >= 15 is 0 Å². The van der Waals surface area contributed by atoms with E-state index in [4.69, 9.17) is 0 Å². The first-order valence-electron chi connectivity index (χ1n) is 8.72. The zero-order valence-electron chi connectivity index (χ0n) is 14.4. The third kappa shape index (κ3) is 3.60. The van der Waals surface area contributed by atoms with Crippen LogP contribution in [0.3, 0.4) is 0 Å². The van der Waals surface area contributed by atoms with Gasteiger partial charge in [0.15, 0.2) is 0 Å². The molecule has 0 aliphatic carbocycles. The second kappa shape index (κ2) is 7.58. The molecule has 0 heterocycles. The molecule has 2 nitrogen and oxygen atoms in total. The molecule has 0 saturated carbocycles. The molecule has 0 fully saturated rings. The molecule has 0 aromatic heterocycles. The molecular weight excluding hydrogens is 316 g/mol. The first kappa shape index (κ1) is 16.0. The van der Waals surface area contributed by atoms with E-state index in [0.29, 0.717) is 0 Å². The van der Waals surface area contributed by atoms with E-state index < -0.39 is 0 Å². The highest BCUT2D eigenvalue weighted by Crippen LogP contribution is 2.34. The van der Waals surface area contributed by atoms with Crippen molar-refractivity contribution >= 4 is 28.4 Å². The number of benzene rings is 4. The van der Waals surface area contributed by atoms with Crippen molar-refractivity contribution in [3.8, 4) is 0 Å². The molecule has 4 aromatic rings. The van der Waals surface area contributed by atoms with E-state index in [2.05, 4.69) is 95.1 Å². The van der Waals surface area contributed by atoms with Crippen LogP contribution in [0.4, 0.5) is 28.4 Å². The lowest BCUT2D eigenvalue weighted by atomic mass is 10.2. The zero-order valence-corrected chi connectivity index (χ0v) is 14.4.